The summed E-state index contributed by atoms with van der Waals surface area (Å²) in [5, 5.41) is 9.51. The standard InChI is InChI=1S/C9H15NO4/c1-3-14-9(13)8-7(12)4-5-10(8)6(2)11/h7-8,12H,3-5H2,1-2H3/t7?,8-/m0/s1. The van der Waals surface area contributed by atoms with Crippen LogP contribution in [0.25, 0.3) is 0 Å². The maximum Gasteiger partial charge on any atom is 0.331 e. The quantitative estimate of drug-likeness (QED) is 0.613. The number of ether oxygens (including phenoxy) is 1. The number of likely N-dealkylation sites (tertiary alicyclic amines) is 1. The van der Waals surface area contributed by atoms with Gasteiger partial charge in [0.25, 0.3) is 0 Å². The van der Waals surface area contributed by atoms with Gasteiger partial charge in [0.15, 0.2) is 6.04 Å². The number of hydrogen-bond donors (Lipinski definition) is 1. The van der Waals surface area contributed by atoms with E-state index in [0.29, 0.717) is 13.0 Å². The van der Waals surface area contributed by atoms with Crippen molar-refractivity contribution < 1.29 is 19.4 Å². The van der Waals surface area contributed by atoms with Crippen LogP contribution in [-0.4, -0.2) is 47.2 Å². The summed E-state index contributed by atoms with van der Waals surface area (Å²) < 4.78 is 4.78. The predicted molar refractivity (Wildman–Crippen MR) is 48.4 cm³/mol. The third-order valence-corrected chi connectivity index (χ3v) is 2.30. The third-order valence-electron chi connectivity index (χ3n) is 2.30. The van der Waals surface area contributed by atoms with Crippen molar-refractivity contribution in [1.82, 2.24) is 4.90 Å². The molecule has 1 unspecified atom stereocenters. The number of carbonyl (C=O) groups excluding carboxylic acids is 2. The fraction of sp³-hybridized carbons (Fsp3) is 0.778. The summed E-state index contributed by atoms with van der Waals surface area (Å²) in [6.07, 6.45) is -0.360. The molecule has 0 aliphatic carbocycles. The Morgan fingerprint density at radius 2 is 2.21 bits per heavy atom. The molecule has 0 aromatic carbocycles. The summed E-state index contributed by atoms with van der Waals surface area (Å²) in [7, 11) is 0. The average Bonchev–Trinajstić information content (AvgIpc) is 2.47. The Labute approximate surface area is 82.6 Å². The molecule has 0 aromatic heterocycles. The second kappa shape index (κ2) is 4.41. The lowest BCUT2D eigenvalue weighted by molar-refractivity contribution is -0.155. The Morgan fingerprint density at radius 3 is 2.71 bits per heavy atom. The van der Waals surface area contributed by atoms with E-state index < -0.39 is 18.1 Å². The van der Waals surface area contributed by atoms with Gasteiger partial charge in [0, 0.05) is 13.5 Å². The van der Waals surface area contributed by atoms with E-state index in [0.717, 1.165) is 0 Å². The molecule has 1 rings (SSSR count). The molecule has 80 valence electrons. The predicted octanol–water partition coefficient (Wildman–Crippen LogP) is -0.469. The largest absolute Gasteiger partial charge is 0.464 e. The Balaban J connectivity index is 2.71. The molecule has 0 aromatic rings. The zero-order valence-corrected chi connectivity index (χ0v) is 8.40. The molecule has 1 saturated heterocycles. The molecular weight excluding hydrogens is 186 g/mol. The maximum absolute atomic E-state index is 11.4. The van der Waals surface area contributed by atoms with Crippen LogP contribution in [0.2, 0.25) is 0 Å². The molecular formula is C9H15NO4. The number of amides is 1. The average molecular weight is 201 g/mol. The van der Waals surface area contributed by atoms with Gasteiger partial charge in [0.05, 0.1) is 12.7 Å². The Hall–Kier alpha value is -1.10. The molecule has 0 saturated carbocycles. The monoisotopic (exact) mass is 201 g/mol. The smallest absolute Gasteiger partial charge is 0.331 e. The molecule has 0 bridgehead atoms. The van der Waals surface area contributed by atoms with Crippen LogP contribution >= 0.6 is 0 Å². The summed E-state index contributed by atoms with van der Waals surface area (Å²) in [5.41, 5.74) is 0. The van der Waals surface area contributed by atoms with Crippen LogP contribution in [0.3, 0.4) is 0 Å². The molecule has 1 fully saturated rings. The van der Waals surface area contributed by atoms with Crippen LogP contribution in [0, 0.1) is 0 Å². The van der Waals surface area contributed by atoms with Crippen LogP contribution in [0.1, 0.15) is 20.3 Å². The summed E-state index contributed by atoms with van der Waals surface area (Å²) in [6, 6.07) is -0.813. The van der Waals surface area contributed by atoms with Gasteiger partial charge < -0.3 is 14.7 Å². The van der Waals surface area contributed by atoms with E-state index in [1.54, 1.807) is 6.92 Å². The zero-order valence-electron chi connectivity index (χ0n) is 8.40. The lowest BCUT2D eigenvalue weighted by atomic mass is 10.2. The van der Waals surface area contributed by atoms with Crippen LogP contribution in [0.4, 0.5) is 0 Å². The highest BCUT2D eigenvalue weighted by atomic mass is 16.5. The lowest BCUT2D eigenvalue weighted by Gasteiger charge is -2.22. The topological polar surface area (TPSA) is 66.8 Å². The van der Waals surface area contributed by atoms with Crippen LogP contribution in [0.5, 0.6) is 0 Å². The fourth-order valence-electron chi connectivity index (χ4n) is 1.64. The Kier molecular flexibility index (Phi) is 3.46. The molecule has 0 radical (unpaired) electrons. The Morgan fingerprint density at radius 1 is 1.57 bits per heavy atom. The number of esters is 1. The number of rotatable bonds is 2. The van der Waals surface area contributed by atoms with Gasteiger partial charge in [-0.3, -0.25) is 4.79 Å². The normalized spacial score (nSPS) is 26.4. The summed E-state index contributed by atoms with van der Waals surface area (Å²) in [4.78, 5) is 23.9. The maximum atomic E-state index is 11.4. The van der Waals surface area contributed by atoms with Gasteiger partial charge in [0.2, 0.25) is 5.91 Å². The van der Waals surface area contributed by atoms with Crippen molar-refractivity contribution in [2.75, 3.05) is 13.2 Å². The molecule has 0 spiro atoms. The van der Waals surface area contributed by atoms with Gasteiger partial charge in [0.1, 0.15) is 0 Å². The molecule has 1 aliphatic rings. The highest BCUT2D eigenvalue weighted by Gasteiger charge is 2.40. The molecule has 14 heavy (non-hydrogen) atoms. The van der Waals surface area contributed by atoms with E-state index in [1.165, 1.54) is 11.8 Å². The fourth-order valence-corrected chi connectivity index (χ4v) is 1.64. The van der Waals surface area contributed by atoms with Gasteiger partial charge in [-0.2, -0.15) is 0 Å². The first-order chi connectivity index (χ1) is 6.57. The van der Waals surface area contributed by atoms with E-state index in [4.69, 9.17) is 4.74 Å². The number of nitrogens with zero attached hydrogens (tertiary/aromatic N) is 1. The van der Waals surface area contributed by atoms with Gasteiger partial charge in [-0.25, -0.2) is 4.79 Å². The van der Waals surface area contributed by atoms with E-state index >= 15 is 0 Å². The van der Waals surface area contributed by atoms with Crippen molar-refractivity contribution in [2.24, 2.45) is 0 Å². The molecule has 1 heterocycles. The first kappa shape index (κ1) is 11.0. The van der Waals surface area contributed by atoms with Gasteiger partial charge in [-0.05, 0) is 13.3 Å². The number of aliphatic hydroxyl groups excluding tert-OH is 1. The first-order valence-corrected chi connectivity index (χ1v) is 4.69. The van der Waals surface area contributed by atoms with Crippen molar-refractivity contribution in [3.63, 3.8) is 0 Å². The van der Waals surface area contributed by atoms with Crippen molar-refractivity contribution in [1.29, 1.82) is 0 Å². The first-order valence-electron chi connectivity index (χ1n) is 4.69. The van der Waals surface area contributed by atoms with Crippen LogP contribution in [0.15, 0.2) is 0 Å². The van der Waals surface area contributed by atoms with E-state index in [9.17, 15) is 14.7 Å². The number of aliphatic hydroxyl groups is 1. The lowest BCUT2D eigenvalue weighted by Crippen LogP contribution is -2.45. The van der Waals surface area contributed by atoms with Gasteiger partial charge >= 0.3 is 5.97 Å². The molecule has 1 amide bonds. The zero-order chi connectivity index (χ0) is 10.7. The highest BCUT2D eigenvalue weighted by molar-refractivity contribution is 5.84. The molecule has 1 N–H and O–H groups in total. The van der Waals surface area contributed by atoms with E-state index in [-0.39, 0.29) is 12.5 Å². The molecule has 1 aliphatic heterocycles. The second-order valence-corrected chi connectivity index (χ2v) is 3.27. The minimum Gasteiger partial charge on any atom is -0.464 e. The summed E-state index contributed by atoms with van der Waals surface area (Å²) in [6.45, 7) is 3.75. The molecule has 5 nitrogen and oxygen atoms in total. The van der Waals surface area contributed by atoms with Crippen molar-refractivity contribution in [3.05, 3.63) is 0 Å². The van der Waals surface area contributed by atoms with Gasteiger partial charge in [-0.1, -0.05) is 0 Å². The minimum absolute atomic E-state index is 0.209. The molecule has 2 atom stereocenters. The number of carbonyl (C=O) groups is 2. The third kappa shape index (κ3) is 2.04. The van der Waals surface area contributed by atoms with Crippen LogP contribution < -0.4 is 0 Å². The SMILES string of the molecule is CCOC(=O)[C@@H]1C(O)CCN1C(C)=O. The summed E-state index contributed by atoms with van der Waals surface area (Å²) in [5.74, 6) is -0.729. The Bertz CT molecular complexity index is 241. The van der Waals surface area contributed by atoms with Crippen molar-refractivity contribution >= 4 is 11.9 Å². The van der Waals surface area contributed by atoms with Crippen molar-refractivity contribution in [3.8, 4) is 0 Å². The van der Waals surface area contributed by atoms with E-state index in [1.807, 2.05) is 0 Å². The highest BCUT2D eigenvalue weighted by Crippen LogP contribution is 2.19. The number of hydrogen-bond acceptors (Lipinski definition) is 4. The summed E-state index contributed by atoms with van der Waals surface area (Å²) >= 11 is 0. The molecule has 5 heteroatoms. The van der Waals surface area contributed by atoms with E-state index in [2.05, 4.69) is 0 Å². The van der Waals surface area contributed by atoms with Crippen molar-refractivity contribution in [2.45, 2.75) is 32.4 Å². The van der Waals surface area contributed by atoms with Gasteiger partial charge in [-0.15, -0.1) is 0 Å². The second-order valence-electron chi connectivity index (χ2n) is 3.27. The van der Waals surface area contributed by atoms with Crippen LogP contribution in [-0.2, 0) is 14.3 Å². The minimum atomic E-state index is -0.813.